The number of halogens is 1. The van der Waals surface area contributed by atoms with Crippen molar-refractivity contribution < 1.29 is 19.1 Å². The molecule has 0 spiro atoms. The number of hydrogen-bond acceptors (Lipinski definition) is 4. The monoisotopic (exact) mass is 431 g/mol. The highest BCUT2D eigenvalue weighted by Gasteiger charge is 2.46. The molecule has 1 heterocycles. The topological polar surface area (TPSA) is 55.8 Å². The molecule has 1 unspecified atom stereocenters. The maximum Gasteiger partial charge on any atom is 0.314 e. The number of benzene rings is 1. The van der Waals surface area contributed by atoms with Crippen LogP contribution in [0.1, 0.15) is 30.6 Å². The van der Waals surface area contributed by atoms with Gasteiger partial charge in [-0.05, 0) is 32.4 Å². The van der Waals surface area contributed by atoms with Crippen LogP contribution in [0.3, 0.4) is 0 Å². The highest BCUT2D eigenvalue weighted by atomic mass is 127. The molecule has 1 fully saturated rings. The van der Waals surface area contributed by atoms with E-state index >= 15 is 0 Å². The smallest absolute Gasteiger partial charge is 0.314 e. The average molecular weight is 431 g/mol. The normalized spacial score (nSPS) is 20.4. The Morgan fingerprint density at radius 3 is 2.65 bits per heavy atom. The van der Waals surface area contributed by atoms with E-state index < -0.39 is 5.41 Å². The summed E-state index contributed by atoms with van der Waals surface area (Å²) in [6.07, 6.45) is 0.636. The predicted molar refractivity (Wildman–Crippen MR) is 96.1 cm³/mol. The Morgan fingerprint density at radius 2 is 2.00 bits per heavy atom. The summed E-state index contributed by atoms with van der Waals surface area (Å²) in [4.78, 5) is 26.8. The number of carbonyl (C=O) groups is 2. The lowest BCUT2D eigenvalue weighted by Crippen LogP contribution is -2.39. The number of likely N-dealkylation sites (tertiary alicyclic amines) is 1. The minimum Gasteiger partial charge on any atom is -0.493 e. The van der Waals surface area contributed by atoms with Crippen molar-refractivity contribution in [3.05, 3.63) is 29.8 Å². The number of amides is 1. The molecule has 23 heavy (non-hydrogen) atoms. The van der Waals surface area contributed by atoms with E-state index in [9.17, 15) is 9.59 Å². The molecule has 1 aromatic rings. The third-order valence-corrected chi connectivity index (χ3v) is 5.48. The molecule has 126 valence electrons. The van der Waals surface area contributed by atoms with Gasteiger partial charge < -0.3 is 14.4 Å². The largest absolute Gasteiger partial charge is 0.493 e. The van der Waals surface area contributed by atoms with E-state index in [1.165, 1.54) is 0 Å². The molecule has 0 N–H and O–H groups in total. The number of alkyl halides is 1. The van der Waals surface area contributed by atoms with E-state index in [4.69, 9.17) is 9.47 Å². The molecule has 6 heteroatoms. The van der Waals surface area contributed by atoms with E-state index in [1.54, 1.807) is 24.0 Å². The molecule has 5 nitrogen and oxygen atoms in total. The van der Waals surface area contributed by atoms with Crippen LogP contribution in [0.4, 0.5) is 0 Å². The third-order valence-electron chi connectivity index (χ3n) is 4.02. The maximum absolute atomic E-state index is 12.8. The Kier molecular flexibility index (Phi) is 6.26. The fourth-order valence-corrected chi connectivity index (χ4v) is 3.69. The van der Waals surface area contributed by atoms with Crippen molar-refractivity contribution in [2.75, 3.05) is 30.7 Å². The Labute approximate surface area is 150 Å². The van der Waals surface area contributed by atoms with Crippen LogP contribution in [0.15, 0.2) is 24.3 Å². The second-order valence-electron chi connectivity index (χ2n) is 5.54. The van der Waals surface area contributed by atoms with Crippen molar-refractivity contribution in [1.29, 1.82) is 0 Å². The van der Waals surface area contributed by atoms with E-state index in [1.807, 2.05) is 19.1 Å². The van der Waals surface area contributed by atoms with Crippen LogP contribution in [-0.4, -0.2) is 47.5 Å². The molecule has 1 amide bonds. The number of ether oxygens (including phenoxy) is 2. The van der Waals surface area contributed by atoms with Gasteiger partial charge in [0.15, 0.2) is 0 Å². The molecule has 0 aromatic heterocycles. The van der Waals surface area contributed by atoms with Crippen molar-refractivity contribution in [3.8, 4) is 5.75 Å². The van der Waals surface area contributed by atoms with Gasteiger partial charge in [-0.25, -0.2) is 0 Å². The first-order valence-corrected chi connectivity index (χ1v) is 9.34. The summed E-state index contributed by atoms with van der Waals surface area (Å²) < 4.78 is 11.4. The quantitative estimate of drug-likeness (QED) is 0.395. The molecule has 2 rings (SSSR count). The zero-order valence-electron chi connectivity index (χ0n) is 13.5. The number of hydrogen-bond donors (Lipinski definition) is 0. The van der Waals surface area contributed by atoms with E-state index in [0.29, 0.717) is 48.5 Å². The number of para-hydroxylation sites is 1. The predicted octanol–water partition coefficient (Wildman–Crippen LogP) is 2.92. The zero-order valence-corrected chi connectivity index (χ0v) is 15.7. The minimum atomic E-state index is -0.590. The van der Waals surface area contributed by atoms with Crippen LogP contribution in [0, 0.1) is 5.41 Å². The van der Waals surface area contributed by atoms with Crippen molar-refractivity contribution in [3.63, 3.8) is 0 Å². The first-order valence-electron chi connectivity index (χ1n) is 7.82. The van der Waals surface area contributed by atoms with Gasteiger partial charge in [-0.2, -0.15) is 0 Å². The summed E-state index contributed by atoms with van der Waals surface area (Å²) in [5, 5.41) is 0. The lowest BCUT2D eigenvalue weighted by atomic mass is 9.90. The van der Waals surface area contributed by atoms with Gasteiger partial charge in [-0.15, -0.1) is 0 Å². The molecular weight excluding hydrogens is 409 g/mol. The van der Waals surface area contributed by atoms with Crippen molar-refractivity contribution >= 4 is 34.5 Å². The van der Waals surface area contributed by atoms with E-state index in [-0.39, 0.29) is 11.9 Å². The molecule has 1 saturated heterocycles. The van der Waals surface area contributed by atoms with Crippen molar-refractivity contribution in [2.45, 2.75) is 20.3 Å². The zero-order chi connectivity index (χ0) is 16.9. The molecule has 1 atom stereocenters. The van der Waals surface area contributed by atoms with Gasteiger partial charge in [0.2, 0.25) is 0 Å². The highest BCUT2D eigenvalue weighted by molar-refractivity contribution is 14.1. The van der Waals surface area contributed by atoms with Crippen LogP contribution in [-0.2, 0) is 9.53 Å². The SMILES string of the molecule is CCOC(=O)C1(CI)CCN(C(=O)c2ccccc2OCC)C1. The van der Waals surface area contributed by atoms with Gasteiger partial charge in [0.1, 0.15) is 5.75 Å². The van der Waals surface area contributed by atoms with Crippen LogP contribution >= 0.6 is 22.6 Å². The molecule has 0 aliphatic carbocycles. The van der Waals surface area contributed by atoms with Gasteiger partial charge >= 0.3 is 5.97 Å². The van der Waals surface area contributed by atoms with Crippen LogP contribution in [0.25, 0.3) is 0 Å². The van der Waals surface area contributed by atoms with Gasteiger partial charge in [0.25, 0.3) is 5.91 Å². The van der Waals surface area contributed by atoms with Crippen LogP contribution in [0.2, 0.25) is 0 Å². The van der Waals surface area contributed by atoms with E-state index in [0.717, 1.165) is 0 Å². The average Bonchev–Trinajstić information content (AvgIpc) is 3.01. The molecule has 0 saturated carbocycles. The highest BCUT2D eigenvalue weighted by Crippen LogP contribution is 2.35. The van der Waals surface area contributed by atoms with Gasteiger partial charge in [-0.3, -0.25) is 9.59 Å². The van der Waals surface area contributed by atoms with Gasteiger partial charge in [0, 0.05) is 17.5 Å². The van der Waals surface area contributed by atoms with E-state index in [2.05, 4.69) is 22.6 Å². The summed E-state index contributed by atoms with van der Waals surface area (Å²) >= 11 is 2.20. The van der Waals surface area contributed by atoms with Crippen LogP contribution in [0.5, 0.6) is 5.75 Å². The Hall–Kier alpha value is -1.31. The number of carbonyl (C=O) groups excluding carboxylic acids is 2. The van der Waals surface area contributed by atoms with Crippen molar-refractivity contribution in [2.24, 2.45) is 5.41 Å². The number of rotatable bonds is 6. The second-order valence-corrected chi connectivity index (χ2v) is 6.30. The third kappa shape index (κ3) is 3.79. The Balaban J connectivity index is 2.18. The lowest BCUT2D eigenvalue weighted by Gasteiger charge is -2.25. The van der Waals surface area contributed by atoms with Gasteiger partial charge in [-0.1, -0.05) is 34.7 Å². The summed E-state index contributed by atoms with van der Waals surface area (Å²) in [5.74, 6) is 0.288. The molecule has 1 aromatic carbocycles. The fraction of sp³-hybridized carbons (Fsp3) is 0.529. The Bertz CT molecular complexity index is 577. The molecular formula is C17H22INO4. The number of nitrogens with zero attached hydrogens (tertiary/aromatic N) is 1. The maximum atomic E-state index is 12.8. The standard InChI is InChI=1S/C17H22INO4/c1-3-22-14-8-6-5-7-13(14)15(20)19-10-9-17(11-18,12-19)16(21)23-4-2/h5-8H,3-4,9-12H2,1-2H3. The van der Waals surface area contributed by atoms with Crippen LogP contribution < -0.4 is 4.74 Å². The fourth-order valence-electron chi connectivity index (χ4n) is 2.76. The second kappa shape index (κ2) is 7.99. The lowest BCUT2D eigenvalue weighted by molar-refractivity contribution is -0.153. The van der Waals surface area contributed by atoms with Gasteiger partial charge in [0.05, 0.1) is 24.2 Å². The van der Waals surface area contributed by atoms with Crippen molar-refractivity contribution in [1.82, 2.24) is 4.90 Å². The first kappa shape index (κ1) is 18.0. The summed E-state index contributed by atoms with van der Waals surface area (Å²) in [6.45, 7) is 5.51. The minimum absolute atomic E-state index is 0.0925. The Morgan fingerprint density at radius 1 is 1.26 bits per heavy atom. The first-order chi connectivity index (χ1) is 11.1. The molecule has 0 bridgehead atoms. The summed E-state index contributed by atoms with van der Waals surface area (Å²) in [6, 6.07) is 7.23. The summed E-state index contributed by atoms with van der Waals surface area (Å²) in [5.41, 5.74) is -0.0465. The molecule has 1 aliphatic heterocycles. The number of esters is 1. The molecule has 1 aliphatic rings. The molecule has 0 radical (unpaired) electrons. The summed E-state index contributed by atoms with van der Waals surface area (Å²) in [7, 11) is 0.